The van der Waals surface area contributed by atoms with Crippen LogP contribution in [-0.2, 0) is 16.0 Å². The van der Waals surface area contributed by atoms with Gasteiger partial charge in [-0.15, -0.1) is 0 Å². The maximum Gasteiger partial charge on any atom is 0.328 e. The number of nitrogens with zero attached hydrogens (tertiary/aromatic N) is 1. The number of methoxy groups -OCH3 is 1. The molecule has 0 aliphatic carbocycles. The number of para-hydroxylation sites is 1. The number of amides is 2. The third kappa shape index (κ3) is 3.17. The Morgan fingerprint density at radius 2 is 2.10 bits per heavy atom. The Bertz CT molecular complexity index is 530. The Morgan fingerprint density at radius 1 is 1.38 bits per heavy atom. The second-order valence-electron chi connectivity index (χ2n) is 5.37. The molecule has 1 aliphatic rings. The van der Waals surface area contributed by atoms with E-state index >= 15 is 0 Å². The van der Waals surface area contributed by atoms with Crippen molar-refractivity contribution >= 4 is 17.7 Å². The molecule has 1 unspecified atom stereocenters. The summed E-state index contributed by atoms with van der Waals surface area (Å²) in [6.45, 7) is 4.55. The number of carbonyl (C=O) groups excluding carboxylic acids is 2. The first-order valence-corrected chi connectivity index (χ1v) is 7.32. The van der Waals surface area contributed by atoms with Crippen LogP contribution in [0.15, 0.2) is 24.3 Å². The summed E-state index contributed by atoms with van der Waals surface area (Å²) in [4.78, 5) is 26.0. The van der Waals surface area contributed by atoms with Crippen molar-refractivity contribution in [3.8, 4) is 0 Å². The first kappa shape index (κ1) is 15.4. The number of hydrogen-bond donors (Lipinski definition) is 1. The summed E-state index contributed by atoms with van der Waals surface area (Å²) < 4.78 is 4.80. The molecular formula is C16H22N2O3. The van der Waals surface area contributed by atoms with Crippen LogP contribution in [0.5, 0.6) is 0 Å². The average Bonchev–Trinajstić information content (AvgIpc) is 2.95. The molecule has 1 N–H and O–H groups in total. The summed E-state index contributed by atoms with van der Waals surface area (Å²) >= 11 is 0. The minimum atomic E-state index is -0.611. The number of esters is 1. The van der Waals surface area contributed by atoms with Gasteiger partial charge in [-0.05, 0) is 24.0 Å². The fourth-order valence-electron chi connectivity index (χ4n) is 2.56. The van der Waals surface area contributed by atoms with Crippen molar-refractivity contribution in [3.05, 3.63) is 29.8 Å². The molecule has 114 valence electrons. The largest absolute Gasteiger partial charge is 0.467 e. The molecule has 0 bridgehead atoms. The van der Waals surface area contributed by atoms with Crippen LogP contribution >= 0.6 is 0 Å². The van der Waals surface area contributed by atoms with Gasteiger partial charge in [0, 0.05) is 12.2 Å². The Balaban J connectivity index is 2.12. The Labute approximate surface area is 125 Å². The zero-order valence-corrected chi connectivity index (χ0v) is 12.8. The third-order valence-electron chi connectivity index (χ3n) is 4.08. The zero-order valence-electron chi connectivity index (χ0n) is 12.8. The lowest BCUT2D eigenvalue weighted by Crippen LogP contribution is -2.50. The van der Waals surface area contributed by atoms with Crippen molar-refractivity contribution in [3.63, 3.8) is 0 Å². The van der Waals surface area contributed by atoms with Gasteiger partial charge in [0.25, 0.3) is 0 Å². The third-order valence-corrected chi connectivity index (χ3v) is 4.08. The zero-order chi connectivity index (χ0) is 15.4. The summed E-state index contributed by atoms with van der Waals surface area (Å²) in [6.07, 6.45) is 1.63. The fourth-order valence-corrected chi connectivity index (χ4v) is 2.56. The summed E-state index contributed by atoms with van der Waals surface area (Å²) in [7, 11) is 1.34. The molecule has 1 aromatic carbocycles. The number of anilines is 1. The first-order valence-electron chi connectivity index (χ1n) is 7.32. The standard InChI is InChI=1S/C16H22N2O3/c1-4-11(2)14(15(19)21-3)17-16(20)18-10-9-12-7-5-6-8-13(12)18/h5-8,11,14H,4,9-10H2,1-3H3,(H,17,20)/t11?,14-/m0/s1. The normalized spacial score (nSPS) is 16.0. The smallest absolute Gasteiger partial charge is 0.328 e. The molecule has 0 radical (unpaired) electrons. The summed E-state index contributed by atoms with van der Waals surface area (Å²) in [5.41, 5.74) is 2.08. The minimum absolute atomic E-state index is 0.0271. The predicted molar refractivity (Wildman–Crippen MR) is 81.3 cm³/mol. The van der Waals surface area contributed by atoms with E-state index in [-0.39, 0.29) is 11.9 Å². The van der Waals surface area contributed by atoms with Gasteiger partial charge in [0.05, 0.1) is 7.11 Å². The topological polar surface area (TPSA) is 58.6 Å². The average molecular weight is 290 g/mol. The minimum Gasteiger partial charge on any atom is -0.467 e. The molecule has 1 aliphatic heterocycles. The van der Waals surface area contributed by atoms with Gasteiger partial charge in [0.2, 0.25) is 0 Å². The maximum atomic E-state index is 12.5. The number of carbonyl (C=O) groups is 2. The predicted octanol–water partition coefficient (Wildman–Crippen LogP) is 2.35. The van der Waals surface area contributed by atoms with Crippen LogP contribution in [0.3, 0.4) is 0 Å². The van der Waals surface area contributed by atoms with E-state index in [2.05, 4.69) is 5.32 Å². The second kappa shape index (κ2) is 6.61. The van der Waals surface area contributed by atoms with E-state index in [0.29, 0.717) is 6.54 Å². The molecule has 0 fully saturated rings. The highest BCUT2D eigenvalue weighted by Crippen LogP contribution is 2.27. The van der Waals surface area contributed by atoms with E-state index in [1.165, 1.54) is 7.11 Å². The van der Waals surface area contributed by atoms with Gasteiger partial charge < -0.3 is 10.1 Å². The number of ether oxygens (including phenoxy) is 1. The molecule has 0 spiro atoms. The molecule has 5 nitrogen and oxygen atoms in total. The maximum absolute atomic E-state index is 12.5. The van der Waals surface area contributed by atoms with Gasteiger partial charge in [-0.25, -0.2) is 9.59 Å². The molecule has 0 aromatic heterocycles. The Kier molecular flexibility index (Phi) is 4.83. The molecule has 2 amide bonds. The Morgan fingerprint density at radius 3 is 2.76 bits per heavy atom. The molecule has 2 rings (SSSR count). The highest BCUT2D eigenvalue weighted by molar-refractivity contribution is 5.96. The first-order chi connectivity index (χ1) is 10.1. The molecule has 0 saturated heterocycles. The van der Waals surface area contributed by atoms with Crippen molar-refractivity contribution < 1.29 is 14.3 Å². The quantitative estimate of drug-likeness (QED) is 0.866. The monoisotopic (exact) mass is 290 g/mol. The van der Waals surface area contributed by atoms with Gasteiger partial charge in [0.15, 0.2) is 0 Å². The Hall–Kier alpha value is -2.04. The lowest BCUT2D eigenvalue weighted by atomic mass is 9.99. The molecule has 2 atom stereocenters. The van der Waals surface area contributed by atoms with Gasteiger partial charge in [-0.1, -0.05) is 38.5 Å². The summed E-state index contributed by atoms with van der Waals surface area (Å²) in [5, 5.41) is 2.81. The number of fused-ring (bicyclic) bond motifs is 1. The summed E-state index contributed by atoms with van der Waals surface area (Å²) in [6, 6.07) is 6.98. The van der Waals surface area contributed by atoms with Crippen LogP contribution in [0.25, 0.3) is 0 Å². The molecule has 1 heterocycles. The number of hydrogen-bond acceptors (Lipinski definition) is 3. The van der Waals surface area contributed by atoms with Crippen molar-refractivity contribution in [1.82, 2.24) is 5.32 Å². The van der Waals surface area contributed by atoms with E-state index < -0.39 is 12.0 Å². The van der Waals surface area contributed by atoms with E-state index in [1.807, 2.05) is 38.1 Å². The molecule has 1 aromatic rings. The van der Waals surface area contributed by atoms with E-state index in [9.17, 15) is 9.59 Å². The molecule has 0 saturated carbocycles. The molecular weight excluding hydrogens is 268 g/mol. The lowest BCUT2D eigenvalue weighted by Gasteiger charge is -2.25. The van der Waals surface area contributed by atoms with Crippen LogP contribution in [0, 0.1) is 5.92 Å². The van der Waals surface area contributed by atoms with Gasteiger partial charge in [0.1, 0.15) is 6.04 Å². The van der Waals surface area contributed by atoms with Crippen LogP contribution in [0.4, 0.5) is 10.5 Å². The fraction of sp³-hybridized carbons (Fsp3) is 0.500. The van der Waals surface area contributed by atoms with Crippen molar-refractivity contribution in [2.45, 2.75) is 32.7 Å². The number of urea groups is 1. The highest BCUT2D eigenvalue weighted by Gasteiger charge is 2.31. The van der Waals surface area contributed by atoms with Crippen molar-refractivity contribution in [1.29, 1.82) is 0 Å². The van der Waals surface area contributed by atoms with Crippen LogP contribution < -0.4 is 10.2 Å². The summed E-state index contributed by atoms with van der Waals surface area (Å²) in [5.74, 6) is -0.371. The second-order valence-corrected chi connectivity index (χ2v) is 5.37. The van der Waals surface area contributed by atoms with Crippen molar-refractivity contribution in [2.75, 3.05) is 18.6 Å². The molecule has 21 heavy (non-hydrogen) atoms. The SMILES string of the molecule is CCC(C)[C@H](NC(=O)N1CCc2ccccc21)C(=O)OC. The van der Waals surface area contributed by atoms with Gasteiger partial charge in [-0.2, -0.15) is 0 Å². The lowest BCUT2D eigenvalue weighted by molar-refractivity contribution is -0.144. The van der Waals surface area contributed by atoms with Crippen LogP contribution in [0.2, 0.25) is 0 Å². The highest BCUT2D eigenvalue weighted by atomic mass is 16.5. The van der Waals surface area contributed by atoms with Crippen LogP contribution in [-0.4, -0.2) is 31.7 Å². The number of benzene rings is 1. The van der Waals surface area contributed by atoms with Crippen LogP contribution in [0.1, 0.15) is 25.8 Å². The van der Waals surface area contributed by atoms with Gasteiger partial charge in [-0.3, -0.25) is 4.90 Å². The van der Waals surface area contributed by atoms with E-state index in [1.54, 1.807) is 4.90 Å². The van der Waals surface area contributed by atoms with Gasteiger partial charge >= 0.3 is 12.0 Å². The van der Waals surface area contributed by atoms with E-state index in [4.69, 9.17) is 4.74 Å². The molecule has 5 heteroatoms. The van der Waals surface area contributed by atoms with Crippen molar-refractivity contribution in [2.24, 2.45) is 5.92 Å². The number of nitrogens with one attached hydrogen (secondary N) is 1. The van der Waals surface area contributed by atoms with E-state index in [0.717, 1.165) is 24.1 Å². The number of rotatable bonds is 4.